The summed E-state index contributed by atoms with van der Waals surface area (Å²) in [6.07, 6.45) is 3.95. The molecular formula is C15H23NO. The average molecular weight is 233 g/mol. The number of hydrogen-bond donors (Lipinski definition) is 1. The summed E-state index contributed by atoms with van der Waals surface area (Å²) in [5.41, 5.74) is 6.86. The van der Waals surface area contributed by atoms with Crippen LogP contribution >= 0.6 is 0 Å². The zero-order valence-corrected chi connectivity index (χ0v) is 11.1. The van der Waals surface area contributed by atoms with Crippen LogP contribution in [0.1, 0.15) is 40.0 Å². The number of anilines is 1. The van der Waals surface area contributed by atoms with Crippen molar-refractivity contribution in [3.8, 4) is 5.75 Å². The summed E-state index contributed by atoms with van der Waals surface area (Å²) in [6.45, 7) is 6.99. The lowest BCUT2D eigenvalue weighted by Gasteiger charge is -2.38. The molecule has 1 aromatic carbocycles. The van der Waals surface area contributed by atoms with Crippen LogP contribution in [0.2, 0.25) is 0 Å². The van der Waals surface area contributed by atoms with Crippen LogP contribution < -0.4 is 10.5 Å². The van der Waals surface area contributed by atoms with Gasteiger partial charge in [-0.3, -0.25) is 0 Å². The fourth-order valence-electron chi connectivity index (χ4n) is 3.09. The van der Waals surface area contributed by atoms with Crippen molar-refractivity contribution >= 4 is 5.69 Å². The molecule has 94 valence electrons. The summed E-state index contributed by atoms with van der Waals surface area (Å²) in [5.74, 6) is 1.69. The van der Waals surface area contributed by atoms with Gasteiger partial charge in [-0.05, 0) is 54.9 Å². The molecule has 2 heteroatoms. The van der Waals surface area contributed by atoms with Crippen LogP contribution in [0.4, 0.5) is 5.69 Å². The molecule has 0 amide bonds. The fourth-order valence-corrected chi connectivity index (χ4v) is 3.09. The van der Waals surface area contributed by atoms with Crippen molar-refractivity contribution in [2.24, 2.45) is 11.3 Å². The third kappa shape index (κ3) is 3.39. The lowest BCUT2D eigenvalue weighted by Crippen LogP contribution is -2.34. The van der Waals surface area contributed by atoms with Gasteiger partial charge in [0.1, 0.15) is 5.75 Å². The Morgan fingerprint density at radius 3 is 2.41 bits per heavy atom. The molecule has 1 fully saturated rings. The molecule has 1 aromatic rings. The van der Waals surface area contributed by atoms with Gasteiger partial charge in [0.05, 0.1) is 6.10 Å². The minimum atomic E-state index is 0.345. The maximum atomic E-state index is 6.06. The zero-order valence-electron chi connectivity index (χ0n) is 11.1. The summed E-state index contributed by atoms with van der Waals surface area (Å²) >= 11 is 0. The highest BCUT2D eigenvalue weighted by Gasteiger charge is 2.33. The minimum absolute atomic E-state index is 0.345. The van der Waals surface area contributed by atoms with Gasteiger partial charge in [0.2, 0.25) is 0 Å². The zero-order chi connectivity index (χ0) is 12.5. The molecule has 0 aromatic heterocycles. The monoisotopic (exact) mass is 233 g/mol. The van der Waals surface area contributed by atoms with Crippen LogP contribution in [0, 0.1) is 11.3 Å². The van der Waals surface area contributed by atoms with Gasteiger partial charge < -0.3 is 10.5 Å². The highest BCUT2D eigenvalue weighted by atomic mass is 16.5. The van der Waals surface area contributed by atoms with Gasteiger partial charge in [-0.25, -0.2) is 0 Å². The molecule has 2 N–H and O–H groups in total. The Morgan fingerprint density at radius 1 is 1.18 bits per heavy atom. The van der Waals surface area contributed by atoms with E-state index in [1.165, 1.54) is 6.42 Å². The van der Waals surface area contributed by atoms with Crippen molar-refractivity contribution in [2.45, 2.75) is 46.1 Å². The second kappa shape index (κ2) is 4.59. The van der Waals surface area contributed by atoms with Crippen LogP contribution in [0.3, 0.4) is 0 Å². The molecule has 2 nitrogen and oxygen atoms in total. The number of nitrogens with two attached hydrogens (primary N) is 1. The van der Waals surface area contributed by atoms with Gasteiger partial charge in [-0.15, -0.1) is 0 Å². The Labute approximate surface area is 104 Å². The highest BCUT2D eigenvalue weighted by molar-refractivity contribution is 5.41. The molecule has 0 heterocycles. The normalized spacial score (nSPS) is 27.7. The Bertz CT molecular complexity index is 369. The van der Waals surface area contributed by atoms with Crippen molar-refractivity contribution in [3.63, 3.8) is 0 Å². The Hall–Kier alpha value is -1.18. The smallest absolute Gasteiger partial charge is 0.119 e. The second-order valence-corrected chi connectivity index (χ2v) is 6.22. The molecular weight excluding hydrogens is 210 g/mol. The topological polar surface area (TPSA) is 35.2 Å². The maximum absolute atomic E-state index is 6.06. The molecule has 17 heavy (non-hydrogen) atoms. The lowest BCUT2D eigenvalue weighted by molar-refractivity contribution is 0.0563. The van der Waals surface area contributed by atoms with E-state index in [1.807, 2.05) is 24.3 Å². The van der Waals surface area contributed by atoms with Gasteiger partial charge >= 0.3 is 0 Å². The molecule has 0 bridgehead atoms. The van der Waals surface area contributed by atoms with Gasteiger partial charge in [0, 0.05) is 5.69 Å². The number of rotatable bonds is 2. The minimum Gasteiger partial charge on any atom is -0.490 e. The number of nitrogen functional groups attached to an aromatic ring is 1. The summed E-state index contributed by atoms with van der Waals surface area (Å²) in [6, 6.07) is 7.71. The molecule has 2 unspecified atom stereocenters. The van der Waals surface area contributed by atoms with E-state index in [0.29, 0.717) is 11.5 Å². The van der Waals surface area contributed by atoms with Gasteiger partial charge in [0.25, 0.3) is 0 Å². The summed E-state index contributed by atoms with van der Waals surface area (Å²) in [7, 11) is 0. The van der Waals surface area contributed by atoms with E-state index in [-0.39, 0.29) is 0 Å². The molecule has 2 atom stereocenters. The lowest BCUT2D eigenvalue weighted by atomic mass is 9.71. The van der Waals surface area contributed by atoms with E-state index in [4.69, 9.17) is 10.5 Å². The Kier molecular flexibility index (Phi) is 3.32. The summed E-state index contributed by atoms with van der Waals surface area (Å²) in [4.78, 5) is 0. The SMILES string of the molecule is CC1CC(Oc2ccc(N)cc2)CC(C)(C)C1. The predicted octanol–water partition coefficient (Wildman–Crippen LogP) is 3.86. The van der Waals surface area contributed by atoms with E-state index >= 15 is 0 Å². The second-order valence-electron chi connectivity index (χ2n) is 6.22. The van der Waals surface area contributed by atoms with E-state index < -0.39 is 0 Å². The highest BCUT2D eigenvalue weighted by Crippen LogP contribution is 2.39. The average Bonchev–Trinajstić information content (AvgIpc) is 2.18. The van der Waals surface area contributed by atoms with E-state index in [0.717, 1.165) is 30.2 Å². The molecule has 0 saturated heterocycles. The molecule has 1 saturated carbocycles. The first-order valence-electron chi connectivity index (χ1n) is 6.47. The van der Waals surface area contributed by atoms with Gasteiger partial charge in [0.15, 0.2) is 0 Å². The largest absolute Gasteiger partial charge is 0.490 e. The van der Waals surface area contributed by atoms with Crippen LogP contribution in [0.15, 0.2) is 24.3 Å². The third-order valence-electron chi connectivity index (χ3n) is 3.53. The van der Waals surface area contributed by atoms with Crippen molar-refractivity contribution in [3.05, 3.63) is 24.3 Å². The number of ether oxygens (including phenoxy) is 1. The fraction of sp³-hybridized carbons (Fsp3) is 0.600. The first kappa shape index (κ1) is 12.3. The molecule has 0 aliphatic heterocycles. The van der Waals surface area contributed by atoms with Crippen molar-refractivity contribution < 1.29 is 4.74 Å². The van der Waals surface area contributed by atoms with Gasteiger partial charge in [-0.1, -0.05) is 20.8 Å². The summed E-state index contributed by atoms with van der Waals surface area (Å²) < 4.78 is 6.06. The molecule has 2 rings (SSSR count). The van der Waals surface area contributed by atoms with E-state index in [1.54, 1.807) is 0 Å². The standard InChI is InChI=1S/C15H23NO/c1-11-8-14(10-15(2,3)9-11)17-13-6-4-12(16)5-7-13/h4-7,11,14H,8-10,16H2,1-3H3. The Balaban J connectivity index is 2.01. The molecule has 1 aliphatic rings. The predicted molar refractivity (Wildman–Crippen MR) is 72.1 cm³/mol. The van der Waals surface area contributed by atoms with Crippen molar-refractivity contribution in [1.29, 1.82) is 0 Å². The van der Waals surface area contributed by atoms with Crippen LogP contribution in [0.5, 0.6) is 5.75 Å². The molecule has 0 spiro atoms. The first-order valence-corrected chi connectivity index (χ1v) is 6.47. The maximum Gasteiger partial charge on any atom is 0.119 e. The van der Waals surface area contributed by atoms with E-state index in [9.17, 15) is 0 Å². The van der Waals surface area contributed by atoms with Gasteiger partial charge in [-0.2, -0.15) is 0 Å². The first-order chi connectivity index (χ1) is 7.94. The number of hydrogen-bond acceptors (Lipinski definition) is 2. The Morgan fingerprint density at radius 2 is 1.82 bits per heavy atom. The van der Waals surface area contributed by atoms with Crippen LogP contribution in [0.25, 0.3) is 0 Å². The molecule has 0 radical (unpaired) electrons. The molecule has 1 aliphatic carbocycles. The number of benzene rings is 1. The third-order valence-corrected chi connectivity index (χ3v) is 3.53. The van der Waals surface area contributed by atoms with Crippen LogP contribution in [-0.2, 0) is 0 Å². The quantitative estimate of drug-likeness (QED) is 0.787. The van der Waals surface area contributed by atoms with Crippen LogP contribution in [-0.4, -0.2) is 6.10 Å². The van der Waals surface area contributed by atoms with Crippen molar-refractivity contribution in [2.75, 3.05) is 5.73 Å². The van der Waals surface area contributed by atoms with E-state index in [2.05, 4.69) is 20.8 Å². The van der Waals surface area contributed by atoms with Crippen molar-refractivity contribution in [1.82, 2.24) is 0 Å². The summed E-state index contributed by atoms with van der Waals surface area (Å²) in [5, 5.41) is 0.